The van der Waals surface area contributed by atoms with Crippen LogP contribution in [0.25, 0.3) is 0 Å². The van der Waals surface area contributed by atoms with E-state index < -0.39 is 12.0 Å². The Balaban J connectivity index is 3.17. The SMILES string of the molecule is C=CCNC(C(=O)OC)c1cc(OC)ccc1OC. The van der Waals surface area contributed by atoms with Crippen molar-refractivity contribution in [1.82, 2.24) is 5.32 Å². The van der Waals surface area contributed by atoms with Gasteiger partial charge in [0.15, 0.2) is 0 Å². The predicted molar refractivity (Wildman–Crippen MR) is 72.5 cm³/mol. The van der Waals surface area contributed by atoms with Gasteiger partial charge in [-0.15, -0.1) is 6.58 Å². The second-order valence-electron chi connectivity index (χ2n) is 3.76. The lowest BCUT2D eigenvalue weighted by atomic mass is 10.1. The zero-order valence-corrected chi connectivity index (χ0v) is 11.4. The molecule has 0 amide bonds. The standard InChI is InChI=1S/C14H19NO4/c1-5-8-15-13(14(16)19-4)11-9-10(17-2)6-7-12(11)18-3/h5-7,9,13,15H,1,8H2,2-4H3. The molecular weight excluding hydrogens is 246 g/mol. The summed E-state index contributed by atoms with van der Waals surface area (Å²) in [5.41, 5.74) is 0.663. The lowest BCUT2D eigenvalue weighted by molar-refractivity contribution is -0.143. The van der Waals surface area contributed by atoms with E-state index >= 15 is 0 Å². The summed E-state index contributed by atoms with van der Waals surface area (Å²) in [6.45, 7) is 4.09. The minimum Gasteiger partial charge on any atom is -0.497 e. The molecule has 0 aliphatic heterocycles. The topological polar surface area (TPSA) is 56.8 Å². The van der Waals surface area contributed by atoms with Gasteiger partial charge < -0.3 is 14.2 Å². The zero-order chi connectivity index (χ0) is 14.3. The average Bonchev–Trinajstić information content (AvgIpc) is 2.46. The minimum absolute atomic E-state index is 0.395. The number of ether oxygens (including phenoxy) is 3. The average molecular weight is 265 g/mol. The van der Waals surface area contributed by atoms with E-state index in [1.165, 1.54) is 7.11 Å². The Morgan fingerprint density at radius 2 is 2.11 bits per heavy atom. The number of carbonyl (C=O) groups is 1. The maximum Gasteiger partial charge on any atom is 0.327 e. The Morgan fingerprint density at radius 3 is 2.63 bits per heavy atom. The monoisotopic (exact) mass is 265 g/mol. The summed E-state index contributed by atoms with van der Waals surface area (Å²) in [7, 11) is 4.46. The van der Waals surface area contributed by atoms with Crippen LogP contribution in [0.3, 0.4) is 0 Å². The molecule has 5 nitrogen and oxygen atoms in total. The van der Waals surface area contributed by atoms with Crippen LogP contribution in [0.4, 0.5) is 0 Å². The fourth-order valence-corrected chi connectivity index (χ4v) is 1.70. The highest BCUT2D eigenvalue weighted by Gasteiger charge is 2.24. The van der Waals surface area contributed by atoms with E-state index in [0.29, 0.717) is 23.6 Å². The Morgan fingerprint density at radius 1 is 1.37 bits per heavy atom. The number of methoxy groups -OCH3 is 3. The largest absolute Gasteiger partial charge is 0.497 e. The molecule has 0 aromatic heterocycles. The lowest BCUT2D eigenvalue weighted by Gasteiger charge is -2.19. The van der Waals surface area contributed by atoms with Gasteiger partial charge in [0, 0.05) is 12.1 Å². The first-order valence-corrected chi connectivity index (χ1v) is 5.82. The number of esters is 1. The molecule has 1 aromatic rings. The van der Waals surface area contributed by atoms with E-state index in [1.54, 1.807) is 38.5 Å². The van der Waals surface area contributed by atoms with Crippen molar-refractivity contribution in [2.75, 3.05) is 27.9 Å². The Hall–Kier alpha value is -2.01. The summed E-state index contributed by atoms with van der Waals surface area (Å²) in [4.78, 5) is 11.9. The third kappa shape index (κ3) is 3.72. The summed E-state index contributed by atoms with van der Waals surface area (Å²) < 4.78 is 15.2. The number of nitrogens with one attached hydrogen (secondary N) is 1. The molecule has 0 bridgehead atoms. The van der Waals surface area contributed by atoms with Gasteiger partial charge in [-0.3, -0.25) is 5.32 Å². The smallest absolute Gasteiger partial charge is 0.327 e. The van der Waals surface area contributed by atoms with Gasteiger partial charge in [-0.1, -0.05) is 6.08 Å². The molecule has 1 N–H and O–H groups in total. The van der Waals surface area contributed by atoms with E-state index in [9.17, 15) is 4.79 Å². The van der Waals surface area contributed by atoms with Crippen molar-refractivity contribution in [2.24, 2.45) is 0 Å². The van der Waals surface area contributed by atoms with Gasteiger partial charge in [-0.05, 0) is 18.2 Å². The Labute approximate surface area is 113 Å². The summed E-state index contributed by atoms with van der Waals surface area (Å²) >= 11 is 0. The highest BCUT2D eigenvalue weighted by Crippen LogP contribution is 2.30. The molecule has 0 aliphatic carbocycles. The first-order chi connectivity index (χ1) is 9.17. The van der Waals surface area contributed by atoms with Crippen LogP contribution in [0.5, 0.6) is 11.5 Å². The summed E-state index contributed by atoms with van der Waals surface area (Å²) in [6, 6.07) is 4.63. The molecule has 1 atom stereocenters. The first-order valence-electron chi connectivity index (χ1n) is 5.82. The second-order valence-corrected chi connectivity index (χ2v) is 3.76. The summed E-state index contributed by atoms with van der Waals surface area (Å²) in [5.74, 6) is 0.839. The highest BCUT2D eigenvalue weighted by atomic mass is 16.5. The summed E-state index contributed by atoms with van der Waals surface area (Å²) in [6.07, 6.45) is 1.67. The molecule has 0 fully saturated rings. The number of rotatable bonds is 7. The van der Waals surface area contributed by atoms with Gasteiger partial charge in [-0.2, -0.15) is 0 Å². The minimum atomic E-state index is -0.631. The molecule has 0 heterocycles. The summed E-state index contributed by atoms with van der Waals surface area (Å²) in [5, 5.41) is 3.03. The molecule has 1 aromatic carbocycles. The first kappa shape index (κ1) is 15.0. The van der Waals surface area contributed by atoms with Crippen LogP contribution in [-0.4, -0.2) is 33.8 Å². The van der Waals surface area contributed by atoms with Crippen LogP contribution in [0.15, 0.2) is 30.9 Å². The van der Waals surface area contributed by atoms with Crippen molar-refractivity contribution in [3.05, 3.63) is 36.4 Å². The Bertz CT molecular complexity index is 445. The molecule has 1 rings (SSSR count). The molecule has 0 spiro atoms. The van der Waals surface area contributed by atoms with Gasteiger partial charge in [0.1, 0.15) is 17.5 Å². The van der Waals surface area contributed by atoms with Gasteiger partial charge in [0.2, 0.25) is 0 Å². The molecule has 0 saturated carbocycles. The molecule has 19 heavy (non-hydrogen) atoms. The van der Waals surface area contributed by atoms with Crippen LogP contribution in [0.1, 0.15) is 11.6 Å². The number of hydrogen-bond donors (Lipinski definition) is 1. The van der Waals surface area contributed by atoms with Gasteiger partial charge >= 0.3 is 5.97 Å². The van der Waals surface area contributed by atoms with Crippen molar-refractivity contribution in [1.29, 1.82) is 0 Å². The quantitative estimate of drug-likeness (QED) is 0.600. The zero-order valence-electron chi connectivity index (χ0n) is 11.4. The third-order valence-electron chi connectivity index (χ3n) is 2.65. The van der Waals surface area contributed by atoms with E-state index in [0.717, 1.165) is 0 Å². The fourth-order valence-electron chi connectivity index (χ4n) is 1.70. The fraction of sp³-hybridized carbons (Fsp3) is 0.357. The van der Waals surface area contributed by atoms with Crippen LogP contribution in [-0.2, 0) is 9.53 Å². The number of hydrogen-bond acceptors (Lipinski definition) is 5. The normalized spacial score (nSPS) is 11.5. The third-order valence-corrected chi connectivity index (χ3v) is 2.65. The predicted octanol–water partition coefficient (Wildman–Crippen LogP) is 1.69. The van der Waals surface area contributed by atoms with Crippen molar-refractivity contribution in [2.45, 2.75) is 6.04 Å². The maximum atomic E-state index is 11.9. The number of benzene rings is 1. The van der Waals surface area contributed by atoms with E-state index in [2.05, 4.69) is 11.9 Å². The van der Waals surface area contributed by atoms with E-state index in [-0.39, 0.29) is 0 Å². The van der Waals surface area contributed by atoms with Crippen molar-refractivity contribution >= 4 is 5.97 Å². The second kappa shape index (κ2) is 7.43. The number of carbonyl (C=O) groups excluding carboxylic acids is 1. The molecular formula is C14H19NO4. The van der Waals surface area contributed by atoms with Gasteiger partial charge in [-0.25, -0.2) is 4.79 Å². The van der Waals surface area contributed by atoms with E-state index in [4.69, 9.17) is 14.2 Å². The van der Waals surface area contributed by atoms with Crippen LogP contribution >= 0.6 is 0 Å². The molecule has 5 heteroatoms. The molecule has 0 aliphatic rings. The highest BCUT2D eigenvalue weighted by molar-refractivity contribution is 5.79. The van der Waals surface area contributed by atoms with E-state index in [1.807, 2.05) is 0 Å². The van der Waals surface area contributed by atoms with Crippen LogP contribution in [0.2, 0.25) is 0 Å². The lowest BCUT2D eigenvalue weighted by Crippen LogP contribution is -2.30. The van der Waals surface area contributed by atoms with Crippen LogP contribution in [0, 0.1) is 0 Å². The molecule has 0 saturated heterocycles. The maximum absolute atomic E-state index is 11.9. The molecule has 0 radical (unpaired) electrons. The van der Waals surface area contributed by atoms with Crippen molar-refractivity contribution in [3.63, 3.8) is 0 Å². The Kier molecular flexibility index (Phi) is 5.89. The molecule has 1 unspecified atom stereocenters. The van der Waals surface area contributed by atoms with Crippen LogP contribution < -0.4 is 14.8 Å². The molecule has 104 valence electrons. The van der Waals surface area contributed by atoms with Crippen molar-refractivity contribution < 1.29 is 19.0 Å². The van der Waals surface area contributed by atoms with Crippen molar-refractivity contribution in [3.8, 4) is 11.5 Å². The van der Waals surface area contributed by atoms with Gasteiger partial charge in [0.25, 0.3) is 0 Å². The van der Waals surface area contributed by atoms with Gasteiger partial charge in [0.05, 0.1) is 21.3 Å².